The van der Waals surface area contributed by atoms with Gasteiger partial charge in [-0.05, 0) is 13.3 Å². The van der Waals surface area contributed by atoms with E-state index in [0.29, 0.717) is 6.42 Å². The Balaban J connectivity index is 5.11. The second-order valence-corrected chi connectivity index (χ2v) is 5.24. The lowest BCUT2D eigenvalue weighted by Crippen LogP contribution is -2.67. The molecule has 0 fully saturated rings. The summed E-state index contributed by atoms with van der Waals surface area (Å²) < 4.78 is 98.3. The first-order chi connectivity index (χ1) is 11.1. The first-order valence-electron chi connectivity index (χ1n) is 6.94. The van der Waals surface area contributed by atoms with E-state index in [2.05, 4.69) is 9.47 Å². The molecule has 3 atom stereocenters. The molecule has 0 bridgehead atoms. The van der Waals surface area contributed by atoms with Crippen molar-refractivity contribution in [1.29, 1.82) is 0 Å². The zero-order valence-electron chi connectivity index (χ0n) is 13.4. The van der Waals surface area contributed by atoms with Crippen LogP contribution in [0.2, 0.25) is 0 Å². The molecule has 3 unspecified atom stereocenters. The third-order valence-corrected chi connectivity index (χ3v) is 3.42. The summed E-state index contributed by atoms with van der Waals surface area (Å²) in [6.45, 7) is 2.02. The second kappa shape index (κ2) is 8.19. The Morgan fingerprint density at radius 2 is 1.56 bits per heavy atom. The van der Waals surface area contributed by atoms with E-state index in [0.717, 1.165) is 0 Å². The van der Waals surface area contributed by atoms with Gasteiger partial charge in [-0.2, -0.15) is 22.0 Å². The van der Waals surface area contributed by atoms with Gasteiger partial charge in [-0.15, -0.1) is 0 Å². The fraction of sp³-hybridized carbons (Fsp3) is 0.846. The molecule has 0 aliphatic carbocycles. The van der Waals surface area contributed by atoms with Crippen LogP contribution in [0.25, 0.3) is 0 Å². The van der Waals surface area contributed by atoms with Gasteiger partial charge in [-0.3, -0.25) is 4.79 Å². The zero-order chi connectivity index (χ0) is 20.2. The van der Waals surface area contributed by atoms with Crippen LogP contribution in [0.4, 0.5) is 30.7 Å². The zero-order valence-corrected chi connectivity index (χ0v) is 13.4. The number of carbonyl (C=O) groups excluding carboxylic acids is 2. The van der Waals surface area contributed by atoms with Crippen molar-refractivity contribution >= 4 is 11.9 Å². The lowest BCUT2D eigenvalue weighted by Gasteiger charge is -2.38. The number of ether oxygens (including phenoxy) is 2. The summed E-state index contributed by atoms with van der Waals surface area (Å²) in [4.78, 5) is 22.6. The fourth-order valence-electron chi connectivity index (χ4n) is 1.51. The second-order valence-electron chi connectivity index (χ2n) is 5.24. The minimum Gasteiger partial charge on any atom is -0.454 e. The molecule has 0 spiro atoms. The number of esters is 2. The molecule has 0 heterocycles. The average Bonchev–Trinajstić information content (AvgIpc) is 2.48. The monoisotopic (exact) mass is 386 g/mol. The standard InChI is InChI=1S/C13H17F7O5/c1-4-6(2)9(22)24-5-8(21)25-7(3)12(16,17)11(23,10(14)15)13(18,19)20/h6-7,10,23H,4-5H2,1-3H3. The normalized spacial score (nSPS) is 17.6. The molecular weight excluding hydrogens is 369 g/mol. The highest BCUT2D eigenvalue weighted by atomic mass is 19.4. The number of alkyl halides is 7. The number of hydrogen-bond donors (Lipinski definition) is 1. The molecule has 0 aromatic carbocycles. The molecule has 0 radical (unpaired) electrons. The first-order valence-corrected chi connectivity index (χ1v) is 6.94. The largest absolute Gasteiger partial charge is 0.454 e. The van der Waals surface area contributed by atoms with Crippen LogP contribution in [0.5, 0.6) is 0 Å². The predicted octanol–water partition coefficient (Wildman–Crippen LogP) is 2.70. The maximum atomic E-state index is 13.7. The quantitative estimate of drug-likeness (QED) is 0.513. The van der Waals surface area contributed by atoms with Gasteiger partial charge in [0.25, 0.3) is 12.0 Å². The topological polar surface area (TPSA) is 72.8 Å². The van der Waals surface area contributed by atoms with Crippen molar-refractivity contribution in [2.24, 2.45) is 5.92 Å². The summed E-state index contributed by atoms with van der Waals surface area (Å²) in [5.74, 6) is -8.79. The Labute approximate surface area is 138 Å². The first kappa shape index (κ1) is 23.4. The van der Waals surface area contributed by atoms with Crippen molar-refractivity contribution in [1.82, 2.24) is 0 Å². The van der Waals surface area contributed by atoms with E-state index in [4.69, 9.17) is 5.11 Å². The Morgan fingerprint density at radius 3 is 1.92 bits per heavy atom. The van der Waals surface area contributed by atoms with Gasteiger partial charge in [-0.25, -0.2) is 13.6 Å². The summed E-state index contributed by atoms with van der Waals surface area (Å²) in [6, 6.07) is 0. The molecule has 0 saturated carbocycles. The SMILES string of the molecule is CCC(C)C(=O)OCC(=O)OC(C)C(F)(F)C(O)(C(F)F)C(F)(F)F. The van der Waals surface area contributed by atoms with E-state index in [-0.39, 0.29) is 6.92 Å². The van der Waals surface area contributed by atoms with Gasteiger partial charge in [0.15, 0.2) is 12.7 Å². The van der Waals surface area contributed by atoms with Crippen molar-refractivity contribution in [3.05, 3.63) is 0 Å². The molecule has 1 N–H and O–H groups in total. The van der Waals surface area contributed by atoms with Gasteiger partial charge in [-0.1, -0.05) is 13.8 Å². The summed E-state index contributed by atoms with van der Waals surface area (Å²) in [5, 5.41) is 8.86. The van der Waals surface area contributed by atoms with Crippen LogP contribution in [0.1, 0.15) is 27.2 Å². The fourth-order valence-corrected chi connectivity index (χ4v) is 1.51. The van der Waals surface area contributed by atoms with Gasteiger partial charge in [0.2, 0.25) is 0 Å². The molecule has 12 heteroatoms. The summed E-state index contributed by atoms with van der Waals surface area (Å²) in [5.41, 5.74) is -5.73. The van der Waals surface area contributed by atoms with Crippen molar-refractivity contribution in [3.63, 3.8) is 0 Å². The third-order valence-electron chi connectivity index (χ3n) is 3.42. The van der Waals surface area contributed by atoms with Crippen LogP contribution in [0.3, 0.4) is 0 Å². The van der Waals surface area contributed by atoms with Crippen molar-refractivity contribution in [3.8, 4) is 0 Å². The Hall–Kier alpha value is -1.59. The molecule has 0 aliphatic rings. The maximum absolute atomic E-state index is 13.7. The number of rotatable bonds is 8. The molecule has 0 amide bonds. The van der Waals surface area contributed by atoms with Crippen LogP contribution >= 0.6 is 0 Å². The molecular formula is C13H17F7O5. The van der Waals surface area contributed by atoms with E-state index < -0.39 is 54.7 Å². The van der Waals surface area contributed by atoms with Crippen LogP contribution in [-0.4, -0.2) is 53.9 Å². The van der Waals surface area contributed by atoms with E-state index in [1.165, 1.54) is 6.92 Å². The van der Waals surface area contributed by atoms with E-state index in [1.54, 1.807) is 6.92 Å². The Morgan fingerprint density at radius 1 is 1.08 bits per heavy atom. The number of halogens is 7. The van der Waals surface area contributed by atoms with Gasteiger partial charge in [0, 0.05) is 0 Å². The van der Waals surface area contributed by atoms with Gasteiger partial charge in [0.05, 0.1) is 5.92 Å². The highest BCUT2D eigenvalue weighted by Gasteiger charge is 2.76. The Kier molecular flexibility index (Phi) is 7.67. The van der Waals surface area contributed by atoms with Crippen molar-refractivity contribution < 1.29 is 54.9 Å². The average molecular weight is 386 g/mol. The van der Waals surface area contributed by atoms with Crippen molar-refractivity contribution in [2.75, 3.05) is 6.61 Å². The smallest absolute Gasteiger partial charge is 0.429 e. The minimum atomic E-state index is -6.41. The highest BCUT2D eigenvalue weighted by Crippen LogP contribution is 2.48. The number of aliphatic hydroxyl groups is 1. The van der Waals surface area contributed by atoms with Crippen LogP contribution in [-0.2, 0) is 19.1 Å². The van der Waals surface area contributed by atoms with Gasteiger partial charge < -0.3 is 14.6 Å². The molecule has 0 rings (SSSR count). The van der Waals surface area contributed by atoms with Crippen LogP contribution in [0.15, 0.2) is 0 Å². The molecule has 5 nitrogen and oxygen atoms in total. The molecule has 148 valence electrons. The maximum Gasteiger partial charge on any atom is 0.429 e. The predicted molar refractivity (Wildman–Crippen MR) is 67.9 cm³/mol. The molecule has 25 heavy (non-hydrogen) atoms. The van der Waals surface area contributed by atoms with Gasteiger partial charge >= 0.3 is 24.0 Å². The summed E-state index contributed by atoms with van der Waals surface area (Å²) in [7, 11) is 0. The number of carbonyl (C=O) groups is 2. The van der Waals surface area contributed by atoms with E-state index in [9.17, 15) is 40.3 Å². The third kappa shape index (κ3) is 4.95. The van der Waals surface area contributed by atoms with E-state index >= 15 is 0 Å². The van der Waals surface area contributed by atoms with Crippen LogP contribution < -0.4 is 0 Å². The van der Waals surface area contributed by atoms with E-state index in [1.807, 2.05) is 0 Å². The molecule has 0 aromatic rings. The van der Waals surface area contributed by atoms with Gasteiger partial charge in [0.1, 0.15) is 0 Å². The molecule has 0 aliphatic heterocycles. The van der Waals surface area contributed by atoms with Crippen molar-refractivity contribution in [2.45, 2.75) is 57.4 Å². The molecule has 0 aromatic heterocycles. The highest BCUT2D eigenvalue weighted by molar-refractivity contribution is 5.77. The summed E-state index contributed by atoms with van der Waals surface area (Å²) in [6.07, 6.45) is -14.1. The lowest BCUT2D eigenvalue weighted by atomic mass is 9.91. The lowest BCUT2D eigenvalue weighted by molar-refractivity contribution is -0.379. The minimum absolute atomic E-state index is 0.188. The Bertz CT molecular complexity index is 480. The molecule has 0 saturated heterocycles. The number of hydrogen-bond acceptors (Lipinski definition) is 5. The summed E-state index contributed by atoms with van der Waals surface area (Å²) >= 11 is 0. The van der Waals surface area contributed by atoms with Crippen LogP contribution in [0, 0.1) is 5.92 Å².